The van der Waals surface area contributed by atoms with Crippen LogP contribution in [0.15, 0.2) is 12.4 Å². The van der Waals surface area contributed by atoms with Crippen LogP contribution in [-0.4, -0.2) is 57.7 Å². The zero-order valence-corrected chi connectivity index (χ0v) is 12.3. The smallest absolute Gasteiger partial charge is 0.390 e. The fourth-order valence-corrected chi connectivity index (χ4v) is 3.12. The lowest BCUT2D eigenvalue weighted by Gasteiger charge is -2.46. The SMILES string of the molecule is O[C@@H]1CC2(CCN(c3cc(C(F)(F)F)ncn3)CC2)OC[C@@H]1O. The van der Waals surface area contributed by atoms with Gasteiger partial charge < -0.3 is 19.8 Å². The summed E-state index contributed by atoms with van der Waals surface area (Å²) in [7, 11) is 0. The average Bonchev–Trinajstić information content (AvgIpc) is 2.52. The van der Waals surface area contributed by atoms with E-state index in [1.54, 1.807) is 4.90 Å². The van der Waals surface area contributed by atoms with Crippen LogP contribution in [0.1, 0.15) is 25.0 Å². The molecule has 0 amide bonds. The van der Waals surface area contributed by atoms with E-state index in [0.717, 1.165) is 12.4 Å². The monoisotopic (exact) mass is 333 g/mol. The Labute approximate surface area is 130 Å². The van der Waals surface area contributed by atoms with Crippen LogP contribution < -0.4 is 4.90 Å². The number of ether oxygens (including phenoxy) is 1. The van der Waals surface area contributed by atoms with E-state index < -0.39 is 29.7 Å². The first kappa shape index (κ1) is 16.4. The van der Waals surface area contributed by atoms with E-state index in [2.05, 4.69) is 9.97 Å². The molecule has 0 aliphatic carbocycles. The van der Waals surface area contributed by atoms with Crippen LogP contribution in [0.2, 0.25) is 0 Å². The van der Waals surface area contributed by atoms with Crippen LogP contribution in [-0.2, 0) is 10.9 Å². The highest BCUT2D eigenvalue weighted by Gasteiger charge is 2.43. The highest BCUT2D eigenvalue weighted by atomic mass is 19.4. The number of aromatic nitrogens is 2. The second-order valence-electron chi connectivity index (χ2n) is 6.08. The van der Waals surface area contributed by atoms with Crippen LogP contribution >= 0.6 is 0 Å². The largest absolute Gasteiger partial charge is 0.433 e. The van der Waals surface area contributed by atoms with E-state index in [0.29, 0.717) is 32.4 Å². The maximum absolute atomic E-state index is 12.7. The lowest BCUT2D eigenvalue weighted by molar-refractivity contribution is -0.178. The molecule has 0 radical (unpaired) electrons. The summed E-state index contributed by atoms with van der Waals surface area (Å²) in [5.41, 5.74) is -1.48. The van der Waals surface area contributed by atoms with Gasteiger partial charge in [-0.05, 0) is 12.8 Å². The number of hydrogen-bond acceptors (Lipinski definition) is 6. The first-order chi connectivity index (χ1) is 10.8. The lowest BCUT2D eigenvalue weighted by Crippen LogP contribution is -2.54. The molecule has 2 N–H and O–H groups in total. The van der Waals surface area contributed by atoms with Crippen molar-refractivity contribution in [3.8, 4) is 0 Å². The van der Waals surface area contributed by atoms with Gasteiger partial charge in [0.15, 0.2) is 0 Å². The fourth-order valence-electron chi connectivity index (χ4n) is 3.12. The minimum Gasteiger partial charge on any atom is -0.390 e. The third-order valence-corrected chi connectivity index (χ3v) is 4.53. The highest BCUT2D eigenvalue weighted by molar-refractivity contribution is 5.40. The molecule has 2 saturated heterocycles. The zero-order valence-electron chi connectivity index (χ0n) is 12.3. The Morgan fingerprint density at radius 2 is 1.87 bits per heavy atom. The minimum absolute atomic E-state index is 0.0763. The summed E-state index contributed by atoms with van der Waals surface area (Å²) in [5, 5.41) is 19.3. The molecule has 2 fully saturated rings. The van der Waals surface area contributed by atoms with Crippen molar-refractivity contribution in [3.63, 3.8) is 0 Å². The maximum atomic E-state index is 12.7. The van der Waals surface area contributed by atoms with Gasteiger partial charge in [0.05, 0.1) is 18.3 Å². The van der Waals surface area contributed by atoms with Gasteiger partial charge in [-0.3, -0.25) is 0 Å². The molecule has 23 heavy (non-hydrogen) atoms. The first-order valence-corrected chi connectivity index (χ1v) is 7.43. The van der Waals surface area contributed by atoms with Crippen LogP contribution in [0.5, 0.6) is 0 Å². The number of aliphatic hydroxyl groups excluding tert-OH is 2. The Hall–Kier alpha value is -1.45. The van der Waals surface area contributed by atoms with Crippen molar-refractivity contribution < 1.29 is 28.1 Å². The van der Waals surface area contributed by atoms with Crippen molar-refractivity contribution in [1.82, 2.24) is 9.97 Å². The van der Waals surface area contributed by atoms with E-state index in [4.69, 9.17) is 4.74 Å². The van der Waals surface area contributed by atoms with Gasteiger partial charge in [-0.15, -0.1) is 0 Å². The summed E-state index contributed by atoms with van der Waals surface area (Å²) in [6.45, 7) is 1.02. The molecule has 9 heteroatoms. The number of nitrogens with zero attached hydrogens (tertiary/aromatic N) is 3. The van der Waals surface area contributed by atoms with E-state index in [1.807, 2.05) is 0 Å². The van der Waals surface area contributed by atoms with Crippen LogP contribution in [0.3, 0.4) is 0 Å². The van der Waals surface area contributed by atoms with Crippen LogP contribution in [0.25, 0.3) is 0 Å². The molecule has 3 heterocycles. The lowest BCUT2D eigenvalue weighted by atomic mass is 9.82. The number of hydrogen-bond donors (Lipinski definition) is 2. The molecule has 1 aromatic rings. The van der Waals surface area contributed by atoms with E-state index in [-0.39, 0.29) is 12.4 Å². The average molecular weight is 333 g/mol. The molecule has 0 saturated carbocycles. The standard InChI is InChI=1S/C14H18F3N3O3/c15-14(16,17)11-5-12(19-8-18-11)20-3-1-13(2-4-20)6-9(21)10(22)7-23-13/h5,8-10,21-22H,1-4,6-7H2/t9-,10+/m1/s1. The summed E-state index contributed by atoms with van der Waals surface area (Å²) in [6.07, 6.45) is -3.84. The Morgan fingerprint density at radius 3 is 2.48 bits per heavy atom. The molecule has 1 spiro atoms. The van der Waals surface area contributed by atoms with Crippen molar-refractivity contribution in [1.29, 1.82) is 0 Å². The van der Waals surface area contributed by atoms with Crippen LogP contribution in [0, 0.1) is 0 Å². The predicted octanol–water partition coefficient (Wildman–Crippen LogP) is 0.977. The quantitative estimate of drug-likeness (QED) is 0.798. The number of halogens is 3. The minimum atomic E-state index is -4.50. The third kappa shape index (κ3) is 3.41. The zero-order chi connectivity index (χ0) is 16.7. The van der Waals surface area contributed by atoms with Gasteiger partial charge in [-0.2, -0.15) is 13.2 Å². The molecule has 2 atom stereocenters. The molecule has 1 aromatic heterocycles. The fraction of sp³-hybridized carbons (Fsp3) is 0.714. The van der Waals surface area contributed by atoms with Crippen molar-refractivity contribution in [3.05, 3.63) is 18.1 Å². The molecule has 3 rings (SSSR count). The second-order valence-corrected chi connectivity index (χ2v) is 6.08. The van der Waals surface area contributed by atoms with E-state index in [1.165, 1.54) is 0 Å². The van der Waals surface area contributed by atoms with E-state index >= 15 is 0 Å². The van der Waals surface area contributed by atoms with Crippen LogP contribution in [0.4, 0.5) is 19.0 Å². The van der Waals surface area contributed by atoms with E-state index in [9.17, 15) is 23.4 Å². The van der Waals surface area contributed by atoms with Crippen molar-refractivity contribution in [2.75, 3.05) is 24.6 Å². The van der Waals surface area contributed by atoms with Crippen molar-refractivity contribution in [2.45, 2.75) is 43.2 Å². The molecule has 6 nitrogen and oxygen atoms in total. The summed E-state index contributed by atoms with van der Waals surface area (Å²) in [5.74, 6) is 0.235. The first-order valence-electron chi connectivity index (χ1n) is 7.43. The Morgan fingerprint density at radius 1 is 1.17 bits per heavy atom. The van der Waals surface area contributed by atoms with Crippen molar-refractivity contribution >= 4 is 5.82 Å². The maximum Gasteiger partial charge on any atom is 0.433 e. The molecular weight excluding hydrogens is 315 g/mol. The topological polar surface area (TPSA) is 78.7 Å². The summed E-state index contributed by atoms with van der Waals surface area (Å²) in [6, 6.07) is 0.943. The van der Waals surface area contributed by atoms with Gasteiger partial charge >= 0.3 is 6.18 Å². The Kier molecular flexibility index (Phi) is 4.19. The Bertz CT molecular complexity index is 562. The van der Waals surface area contributed by atoms with Gasteiger partial charge in [0.1, 0.15) is 23.9 Å². The molecular formula is C14H18F3N3O3. The molecule has 2 aliphatic rings. The van der Waals surface area contributed by atoms with Gasteiger partial charge in [-0.25, -0.2) is 9.97 Å². The van der Waals surface area contributed by atoms with Gasteiger partial charge in [-0.1, -0.05) is 0 Å². The summed E-state index contributed by atoms with van der Waals surface area (Å²) < 4.78 is 43.9. The number of piperidine rings is 1. The normalized spacial score (nSPS) is 28.1. The number of anilines is 1. The van der Waals surface area contributed by atoms with Gasteiger partial charge in [0.2, 0.25) is 0 Å². The van der Waals surface area contributed by atoms with Gasteiger partial charge in [0, 0.05) is 25.6 Å². The highest BCUT2D eigenvalue weighted by Crippen LogP contribution is 2.37. The summed E-state index contributed by atoms with van der Waals surface area (Å²) in [4.78, 5) is 8.93. The second kappa shape index (κ2) is 5.88. The molecule has 128 valence electrons. The number of aliphatic hydroxyl groups is 2. The molecule has 0 unspecified atom stereocenters. The van der Waals surface area contributed by atoms with Gasteiger partial charge in [0.25, 0.3) is 0 Å². The van der Waals surface area contributed by atoms with Crippen molar-refractivity contribution in [2.24, 2.45) is 0 Å². The number of rotatable bonds is 1. The molecule has 2 aliphatic heterocycles. The summed E-state index contributed by atoms with van der Waals surface area (Å²) >= 11 is 0. The molecule has 0 bridgehead atoms. The Balaban J connectivity index is 1.68. The third-order valence-electron chi connectivity index (χ3n) is 4.53. The predicted molar refractivity (Wildman–Crippen MR) is 73.8 cm³/mol. The molecule has 0 aromatic carbocycles. The number of alkyl halides is 3.